The lowest BCUT2D eigenvalue weighted by Crippen LogP contribution is -2.52. The van der Waals surface area contributed by atoms with Crippen LogP contribution in [0.25, 0.3) is 22.5 Å². The first-order chi connectivity index (χ1) is 14.3. The molecule has 30 heavy (non-hydrogen) atoms. The Morgan fingerprint density at radius 1 is 1.07 bits per heavy atom. The molecule has 0 aliphatic heterocycles. The summed E-state index contributed by atoms with van der Waals surface area (Å²) in [5.74, 6) is -0.621. The number of aromatic amines is 1. The standard InChI is InChI=1S/C22H25N5O3/c1-4-7-19(28)27(22(2,3)21(29)30)14-15-10-12-16(13-11-15)17-8-5-6-9-18(17)20-23-25-26-24-20/h5-6,8-13H,4,7,14H2,1-3H3,(H,29,30)(H,23,24,25,26). The summed E-state index contributed by atoms with van der Waals surface area (Å²) in [6, 6.07) is 15.5. The maximum absolute atomic E-state index is 12.6. The zero-order chi connectivity index (χ0) is 21.7. The number of carbonyl (C=O) groups is 2. The molecule has 1 heterocycles. The number of amides is 1. The van der Waals surface area contributed by atoms with Crippen molar-refractivity contribution >= 4 is 11.9 Å². The quantitative estimate of drug-likeness (QED) is 0.591. The average molecular weight is 407 g/mol. The second kappa shape index (κ2) is 8.86. The fraction of sp³-hybridized carbons (Fsp3) is 0.318. The third kappa shape index (κ3) is 4.37. The first kappa shape index (κ1) is 21.2. The van der Waals surface area contributed by atoms with Crippen LogP contribution in [0.1, 0.15) is 39.2 Å². The van der Waals surface area contributed by atoms with Crippen LogP contribution in [0.5, 0.6) is 0 Å². The second-order valence-electron chi connectivity index (χ2n) is 7.59. The Morgan fingerprint density at radius 2 is 1.73 bits per heavy atom. The van der Waals surface area contributed by atoms with E-state index in [2.05, 4.69) is 20.6 Å². The normalized spacial score (nSPS) is 11.3. The van der Waals surface area contributed by atoms with Crippen LogP contribution in [-0.2, 0) is 16.1 Å². The number of rotatable bonds is 8. The summed E-state index contributed by atoms with van der Waals surface area (Å²) in [4.78, 5) is 25.8. The summed E-state index contributed by atoms with van der Waals surface area (Å²) in [5.41, 5.74) is 2.37. The first-order valence-electron chi connectivity index (χ1n) is 9.81. The van der Waals surface area contributed by atoms with Crippen molar-refractivity contribution in [2.75, 3.05) is 0 Å². The van der Waals surface area contributed by atoms with Gasteiger partial charge in [-0.15, -0.1) is 5.10 Å². The highest BCUT2D eigenvalue weighted by molar-refractivity contribution is 5.86. The minimum absolute atomic E-state index is 0.169. The van der Waals surface area contributed by atoms with Crippen LogP contribution < -0.4 is 0 Å². The Bertz CT molecular complexity index is 1010. The van der Waals surface area contributed by atoms with Gasteiger partial charge in [0.25, 0.3) is 0 Å². The summed E-state index contributed by atoms with van der Waals surface area (Å²) in [5, 5.41) is 23.7. The predicted octanol–water partition coefficient (Wildman–Crippen LogP) is 3.53. The van der Waals surface area contributed by atoms with Gasteiger partial charge in [0.1, 0.15) is 5.54 Å². The molecule has 0 atom stereocenters. The monoisotopic (exact) mass is 407 g/mol. The summed E-state index contributed by atoms with van der Waals surface area (Å²) in [6.07, 6.45) is 0.977. The lowest BCUT2D eigenvalue weighted by atomic mass is 9.97. The number of carboxylic acid groups (broad SMARTS) is 1. The molecule has 156 valence electrons. The fourth-order valence-corrected chi connectivity index (χ4v) is 3.25. The van der Waals surface area contributed by atoms with Gasteiger partial charge in [0, 0.05) is 18.5 Å². The first-order valence-corrected chi connectivity index (χ1v) is 9.81. The molecule has 1 aromatic heterocycles. The number of aliphatic carboxylic acids is 1. The van der Waals surface area contributed by atoms with Crippen LogP contribution >= 0.6 is 0 Å². The van der Waals surface area contributed by atoms with Crippen molar-refractivity contribution < 1.29 is 14.7 Å². The van der Waals surface area contributed by atoms with E-state index in [9.17, 15) is 14.7 Å². The number of benzene rings is 2. The minimum Gasteiger partial charge on any atom is -0.480 e. The molecule has 0 bridgehead atoms. The van der Waals surface area contributed by atoms with Crippen LogP contribution in [0.4, 0.5) is 0 Å². The summed E-state index contributed by atoms with van der Waals surface area (Å²) >= 11 is 0. The summed E-state index contributed by atoms with van der Waals surface area (Å²) < 4.78 is 0. The number of H-pyrrole nitrogens is 1. The van der Waals surface area contributed by atoms with Gasteiger partial charge in [-0.25, -0.2) is 9.89 Å². The number of nitrogens with zero attached hydrogens (tertiary/aromatic N) is 4. The highest BCUT2D eigenvalue weighted by atomic mass is 16.4. The molecular weight excluding hydrogens is 382 g/mol. The number of carboxylic acids is 1. The molecular formula is C22H25N5O3. The molecule has 0 radical (unpaired) electrons. The number of hydrogen-bond donors (Lipinski definition) is 2. The molecule has 3 rings (SSSR count). The van der Waals surface area contributed by atoms with Gasteiger partial charge in [0.2, 0.25) is 5.91 Å². The molecule has 0 unspecified atom stereocenters. The Hall–Kier alpha value is -3.55. The van der Waals surface area contributed by atoms with Gasteiger partial charge < -0.3 is 10.0 Å². The lowest BCUT2D eigenvalue weighted by Gasteiger charge is -2.35. The second-order valence-corrected chi connectivity index (χ2v) is 7.59. The highest BCUT2D eigenvalue weighted by Gasteiger charge is 2.37. The van der Waals surface area contributed by atoms with E-state index < -0.39 is 11.5 Å². The van der Waals surface area contributed by atoms with E-state index >= 15 is 0 Å². The Morgan fingerprint density at radius 3 is 2.30 bits per heavy atom. The van der Waals surface area contributed by atoms with Gasteiger partial charge in [0.15, 0.2) is 5.82 Å². The lowest BCUT2D eigenvalue weighted by molar-refractivity contribution is -0.157. The van der Waals surface area contributed by atoms with Gasteiger partial charge in [0.05, 0.1) is 0 Å². The number of carbonyl (C=O) groups excluding carboxylic acids is 1. The van der Waals surface area contributed by atoms with Crippen LogP contribution in [0, 0.1) is 0 Å². The maximum Gasteiger partial charge on any atom is 0.329 e. The predicted molar refractivity (Wildman–Crippen MR) is 112 cm³/mol. The van der Waals surface area contributed by atoms with Gasteiger partial charge in [-0.05, 0) is 47.4 Å². The fourth-order valence-electron chi connectivity index (χ4n) is 3.25. The van der Waals surface area contributed by atoms with E-state index in [4.69, 9.17) is 0 Å². The van der Waals surface area contributed by atoms with E-state index in [1.807, 2.05) is 55.5 Å². The molecule has 0 saturated heterocycles. The molecule has 2 N–H and O–H groups in total. The third-order valence-corrected chi connectivity index (χ3v) is 5.10. The van der Waals surface area contributed by atoms with Crippen molar-refractivity contribution in [3.05, 3.63) is 54.1 Å². The molecule has 2 aromatic carbocycles. The Kier molecular flexibility index (Phi) is 6.25. The number of hydrogen-bond acceptors (Lipinski definition) is 5. The van der Waals surface area contributed by atoms with Gasteiger partial charge >= 0.3 is 5.97 Å². The molecule has 3 aromatic rings. The topological polar surface area (TPSA) is 112 Å². The number of tetrazole rings is 1. The maximum atomic E-state index is 12.6. The summed E-state index contributed by atoms with van der Waals surface area (Å²) in [6.45, 7) is 5.24. The number of nitrogens with one attached hydrogen (secondary N) is 1. The molecule has 8 heteroatoms. The van der Waals surface area contributed by atoms with Crippen molar-refractivity contribution in [3.63, 3.8) is 0 Å². The van der Waals surface area contributed by atoms with E-state index in [0.717, 1.165) is 22.3 Å². The van der Waals surface area contributed by atoms with Crippen molar-refractivity contribution in [2.24, 2.45) is 0 Å². The molecule has 0 fully saturated rings. The highest BCUT2D eigenvalue weighted by Crippen LogP contribution is 2.30. The van der Waals surface area contributed by atoms with Crippen molar-refractivity contribution in [2.45, 2.75) is 45.7 Å². The third-order valence-electron chi connectivity index (χ3n) is 5.10. The van der Waals surface area contributed by atoms with E-state index in [-0.39, 0.29) is 12.5 Å². The van der Waals surface area contributed by atoms with Crippen molar-refractivity contribution in [1.29, 1.82) is 0 Å². The zero-order valence-electron chi connectivity index (χ0n) is 17.3. The van der Waals surface area contributed by atoms with E-state index in [1.54, 1.807) is 13.8 Å². The average Bonchev–Trinajstić information content (AvgIpc) is 3.27. The van der Waals surface area contributed by atoms with Crippen LogP contribution in [0.2, 0.25) is 0 Å². The molecule has 8 nitrogen and oxygen atoms in total. The van der Waals surface area contributed by atoms with Crippen molar-refractivity contribution in [1.82, 2.24) is 25.5 Å². The molecule has 1 amide bonds. The SMILES string of the molecule is CCCC(=O)N(Cc1ccc(-c2ccccc2-c2nnn[nH]2)cc1)C(C)(C)C(=O)O. The Balaban J connectivity index is 1.89. The van der Waals surface area contributed by atoms with Crippen LogP contribution in [0.15, 0.2) is 48.5 Å². The van der Waals surface area contributed by atoms with Gasteiger partial charge in [-0.2, -0.15) is 0 Å². The molecule has 0 saturated carbocycles. The van der Waals surface area contributed by atoms with Crippen LogP contribution in [-0.4, -0.2) is 48.0 Å². The zero-order valence-corrected chi connectivity index (χ0v) is 17.3. The number of aromatic nitrogens is 4. The Labute approximate surface area is 174 Å². The molecule has 0 aliphatic rings. The van der Waals surface area contributed by atoms with E-state index in [0.29, 0.717) is 18.7 Å². The molecule has 0 spiro atoms. The summed E-state index contributed by atoms with van der Waals surface area (Å²) in [7, 11) is 0. The molecule has 0 aliphatic carbocycles. The van der Waals surface area contributed by atoms with Crippen LogP contribution in [0.3, 0.4) is 0 Å². The van der Waals surface area contributed by atoms with Crippen molar-refractivity contribution in [3.8, 4) is 22.5 Å². The smallest absolute Gasteiger partial charge is 0.329 e. The minimum atomic E-state index is -1.29. The van der Waals surface area contributed by atoms with E-state index in [1.165, 1.54) is 4.90 Å². The largest absolute Gasteiger partial charge is 0.480 e. The van der Waals surface area contributed by atoms with Gasteiger partial charge in [-0.1, -0.05) is 55.5 Å². The van der Waals surface area contributed by atoms with Gasteiger partial charge in [-0.3, -0.25) is 4.79 Å².